The molecule has 0 radical (unpaired) electrons. The minimum Gasteiger partial charge on any atom is -0.338 e. The summed E-state index contributed by atoms with van der Waals surface area (Å²) in [6.45, 7) is 7.10. The Kier molecular flexibility index (Phi) is 8.74. The lowest BCUT2D eigenvalue weighted by Crippen LogP contribution is -2.51. The summed E-state index contributed by atoms with van der Waals surface area (Å²) in [4.78, 5) is 25.6. The molecule has 1 heterocycles. The van der Waals surface area contributed by atoms with Crippen molar-refractivity contribution in [2.45, 2.75) is 26.3 Å². The number of carbonyl (C=O) groups is 2. The van der Waals surface area contributed by atoms with Crippen LogP contribution < -0.4 is 16.0 Å². The Morgan fingerprint density at radius 1 is 1.25 bits per heavy atom. The summed E-state index contributed by atoms with van der Waals surface area (Å²) in [5, 5.41) is 8.31. The zero-order chi connectivity index (χ0) is 16.7. The smallest absolute Gasteiger partial charge is 0.321 e. The third-order valence-corrected chi connectivity index (χ3v) is 4.06. The van der Waals surface area contributed by atoms with Crippen LogP contribution in [0, 0.1) is 0 Å². The van der Waals surface area contributed by atoms with Crippen molar-refractivity contribution in [2.24, 2.45) is 0 Å². The molecule has 3 amide bonds. The molecule has 1 aromatic rings. The van der Waals surface area contributed by atoms with Crippen LogP contribution in [-0.2, 0) is 11.2 Å². The molecule has 134 valence electrons. The van der Waals surface area contributed by atoms with E-state index in [9.17, 15) is 9.59 Å². The zero-order valence-electron chi connectivity index (χ0n) is 14.3. The van der Waals surface area contributed by atoms with Crippen molar-refractivity contribution in [3.05, 3.63) is 35.4 Å². The van der Waals surface area contributed by atoms with Gasteiger partial charge in [-0.2, -0.15) is 0 Å². The average Bonchev–Trinajstić information content (AvgIpc) is 2.55. The molecule has 1 unspecified atom stereocenters. The number of amides is 3. The fourth-order valence-corrected chi connectivity index (χ4v) is 2.80. The largest absolute Gasteiger partial charge is 0.338 e. The second-order valence-electron chi connectivity index (χ2n) is 5.69. The van der Waals surface area contributed by atoms with Crippen molar-refractivity contribution in [3.63, 3.8) is 0 Å². The van der Waals surface area contributed by atoms with E-state index in [-0.39, 0.29) is 30.9 Å². The van der Waals surface area contributed by atoms with Gasteiger partial charge in [-0.15, -0.1) is 12.4 Å². The maximum atomic E-state index is 12.0. The molecule has 0 aliphatic carbocycles. The number of rotatable bonds is 5. The molecule has 1 aromatic carbocycles. The first kappa shape index (κ1) is 20.4. The zero-order valence-corrected chi connectivity index (χ0v) is 15.1. The van der Waals surface area contributed by atoms with Gasteiger partial charge in [0.05, 0.1) is 6.54 Å². The van der Waals surface area contributed by atoms with Crippen LogP contribution in [0.1, 0.15) is 31.0 Å². The van der Waals surface area contributed by atoms with Crippen LogP contribution in [0.2, 0.25) is 0 Å². The number of carbonyl (C=O) groups excluding carboxylic acids is 2. The Morgan fingerprint density at radius 2 is 1.96 bits per heavy atom. The van der Waals surface area contributed by atoms with Crippen LogP contribution in [-0.4, -0.2) is 49.6 Å². The SMILES string of the molecule is CCNC(=O)NC(=O)CN1CCNCC1c1ccc(CC)cc1.Cl. The summed E-state index contributed by atoms with van der Waals surface area (Å²) < 4.78 is 0. The van der Waals surface area contributed by atoms with Crippen molar-refractivity contribution < 1.29 is 9.59 Å². The maximum Gasteiger partial charge on any atom is 0.321 e. The predicted molar refractivity (Wildman–Crippen MR) is 97.5 cm³/mol. The molecular formula is C17H27ClN4O2. The van der Waals surface area contributed by atoms with E-state index < -0.39 is 6.03 Å². The molecule has 0 aromatic heterocycles. The molecule has 0 spiro atoms. The van der Waals surface area contributed by atoms with E-state index in [4.69, 9.17) is 0 Å². The van der Waals surface area contributed by atoms with Crippen molar-refractivity contribution in [3.8, 4) is 0 Å². The number of benzene rings is 1. The molecule has 1 fully saturated rings. The Bertz CT molecular complexity index is 536. The molecule has 0 bridgehead atoms. The van der Waals surface area contributed by atoms with Gasteiger partial charge in [0.15, 0.2) is 0 Å². The highest BCUT2D eigenvalue weighted by atomic mass is 35.5. The third kappa shape index (κ3) is 5.78. The molecule has 7 heteroatoms. The van der Waals surface area contributed by atoms with Crippen molar-refractivity contribution in [1.82, 2.24) is 20.9 Å². The molecule has 6 nitrogen and oxygen atoms in total. The van der Waals surface area contributed by atoms with E-state index in [1.165, 1.54) is 11.1 Å². The summed E-state index contributed by atoms with van der Waals surface area (Å²) in [5.41, 5.74) is 2.50. The topological polar surface area (TPSA) is 73.5 Å². The number of imide groups is 1. The molecule has 0 saturated carbocycles. The van der Waals surface area contributed by atoms with E-state index in [1.54, 1.807) is 0 Å². The standard InChI is InChI=1S/C17H26N4O2.ClH/c1-3-13-5-7-14(8-6-13)15-11-18-9-10-21(15)12-16(22)20-17(23)19-4-2;/h5-8,15,18H,3-4,9-12H2,1-2H3,(H2,19,20,22,23);1H. The van der Waals surface area contributed by atoms with Crippen LogP contribution in [0.25, 0.3) is 0 Å². The van der Waals surface area contributed by atoms with Crippen LogP contribution in [0.5, 0.6) is 0 Å². The number of aryl methyl sites for hydroxylation is 1. The number of nitrogens with one attached hydrogen (secondary N) is 3. The lowest BCUT2D eigenvalue weighted by atomic mass is 10.0. The van der Waals surface area contributed by atoms with Crippen molar-refractivity contribution >= 4 is 24.3 Å². The Labute approximate surface area is 149 Å². The normalized spacial score (nSPS) is 17.7. The lowest BCUT2D eigenvalue weighted by Gasteiger charge is -2.36. The molecular weight excluding hydrogens is 328 g/mol. The first-order chi connectivity index (χ1) is 11.1. The minimum absolute atomic E-state index is 0. The van der Waals surface area contributed by atoms with Gasteiger partial charge in [0.2, 0.25) is 5.91 Å². The highest BCUT2D eigenvalue weighted by Crippen LogP contribution is 2.22. The van der Waals surface area contributed by atoms with Gasteiger partial charge in [-0.1, -0.05) is 31.2 Å². The van der Waals surface area contributed by atoms with E-state index in [0.717, 1.165) is 26.1 Å². The summed E-state index contributed by atoms with van der Waals surface area (Å²) in [6.07, 6.45) is 1.02. The highest BCUT2D eigenvalue weighted by molar-refractivity contribution is 5.95. The fraction of sp³-hybridized carbons (Fsp3) is 0.529. The second kappa shape index (κ2) is 10.3. The van der Waals surface area contributed by atoms with E-state index >= 15 is 0 Å². The lowest BCUT2D eigenvalue weighted by molar-refractivity contribution is -0.122. The van der Waals surface area contributed by atoms with Crippen molar-refractivity contribution in [1.29, 1.82) is 0 Å². The van der Waals surface area contributed by atoms with Crippen LogP contribution in [0.4, 0.5) is 4.79 Å². The Morgan fingerprint density at radius 3 is 2.58 bits per heavy atom. The summed E-state index contributed by atoms with van der Waals surface area (Å²) in [7, 11) is 0. The van der Waals surface area contributed by atoms with Gasteiger partial charge in [-0.3, -0.25) is 15.0 Å². The quantitative estimate of drug-likeness (QED) is 0.748. The van der Waals surface area contributed by atoms with Gasteiger partial charge in [0.25, 0.3) is 0 Å². The van der Waals surface area contributed by atoms with Gasteiger partial charge >= 0.3 is 6.03 Å². The number of piperazine rings is 1. The van der Waals surface area contributed by atoms with Gasteiger partial charge in [-0.05, 0) is 24.5 Å². The van der Waals surface area contributed by atoms with Crippen molar-refractivity contribution in [2.75, 3.05) is 32.7 Å². The van der Waals surface area contributed by atoms with E-state index in [0.29, 0.717) is 6.54 Å². The first-order valence-electron chi connectivity index (χ1n) is 8.25. The molecule has 3 N–H and O–H groups in total. The first-order valence-corrected chi connectivity index (χ1v) is 8.25. The monoisotopic (exact) mass is 354 g/mol. The van der Waals surface area contributed by atoms with Crippen LogP contribution >= 0.6 is 12.4 Å². The van der Waals surface area contributed by atoms with Crippen LogP contribution in [0.15, 0.2) is 24.3 Å². The van der Waals surface area contributed by atoms with Crippen LogP contribution in [0.3, 0.4) is 0 Å². The molecule has 1 aliphatic rings. The predicted octanol–water partition coefficient (Wildman–Crippen LogP) is 1.46. The number of nitrogens with zero attached hydrogens (tertiary/aromatic N) is 1. The summed E-state index contributed by atoms with van der Waals surface area (Å²) in [6, 6.07) is 8.25. The van der Waals surface area contributed by atoms with E-state index in [1.807, 2.05) is 6.92 Å². The van der Waals surface area contributed by atoms with Gasteiger partial charge in [0.1, 0.15) is 0 Å². The number of hydrogen-bond donors (Lipinski definition) is 3. The molecule has 1 atom stereocenters. The maximum absolute atomic E-state index is 12.0. The van der Waals surface area contributed by atoms with Gasteiger partial charge in [0, 0.05) is 32.2 Å². The minimum atomic E-state index is -0.434. The number of halogens is 1. The molecule has 1 aliphatic heterocycles. The molecule has 24 heavy (non-hydrogen) atoms. The molecule has 1 saturated heterocycles. The Hall–Kier alpha value is -1.63. The van der Waals surface area contributed by atoms with Gasteiger partial charge < -0.3 is 10.6 Å². The summed E-state index contributed by atoms with van der Waals surface area (Å²) in [5.74, 6) is -0.270. The molecule has 2 rings (SSSR count). The average molecular weight is 355 g/mol. The highest BCUT2D eigenvalue weighted by Gasteiger charge is 2.25. The van der Waals surface area contributed by atoms with Gasteiger partial charge in [-0.25, -0.2) is 4.79 Å². The third-order valence-electron chi connectivity index (χ3n) is 4.06. The Balaban J connectivity index is 0.00000288. The number of urea groups is 1. The van der Waals surface area contributed by atoms with E-state index in [2.05, 4.69) is 52.0 Å². The summed E-state index contributed by atoms with van der Waals surface area (Å²) >= 11 is 0. The fourth-order valence-electron chi connectivity index (χ4n) is 2.80. The number of hydrogen-bond acceptors (Lipinski definition) is 4. The second-order valence-corrected chi connectivity index (χ2v) is 5.69.